The molecule has 3 aromatic rings. The summed E-state index contributed by atoms with van der Waals surface area (Å²) in [6.07, 6.45) is 2.18. The van der Waals surface area contributed by atoms with Crippen LogP contribution in [0.1, 0.15) is 94.5 Å². The summed E-state index contributed by atoms with van der Waals surface area (Å²) in [5.74, 6) is 0. The summed E-state index contributed by atoms with van der Waals surface area (Å²) >= 11 is 0. The zero-order chi connectivity index (χ0) is 29.8. The zero-order valence-corrected chi connectivity index (χ0v) is 30.0. The third-order valence-corrected chi connectivity index (χ3v) is 16.2. The largest absolute Gasteiger partial charge is 0.658 e. The molecule has 6 heteroatoms. The van der Waals surface area contributed by atoms with Crippen LogP contribution in [0.3, 0.4) is 0 Å². The maximum absolute atomic E-state index is 6.00. The van der Waals surface area contributed by atoms with E-state index < -0.39 is 15.8 Å². The average Bonchev–Trinajstić information content (AvgIpc) is 3.18. The Hall–Kier alpha value is -1.48. The summed E-state index contributed by atoms with van der Waals surface area (Å²) < 4.78 is 0. The van der Waals surface area contributed by atoms with Crippen molar-refractivity contribution in [1.82, 2.24) is 4.98 Å². The molecule has 0 N–H and O–H groups in total. The standard InChI is InChI=1S/C34H50NP2.Fe.N2/c1-31(2,3)36(32(4,5)6)23-27-29(25-19-15-13-16-20-25)30(26-21-17-14-18-22-26)28(35-27)24-37(33(7,8)9)34(10,11)12;;1-2/h13-22H,23-24H2,1-12H3;;/q-1;;/p+2. The van der Waals surface area contributed by atoms with Crippen LogP contribution in [0.5, 0.6) is 0 Å². The van der Waals surface area contributed by atoms with Crippen molar-refractivity contribution in [3.8, 4) is 22.3 Å². The van der Waals surface area contributed by atoms with Gasteiger partial charge in [0.15, 0.2) is 0 Å². The van der Waals surface area contributed by atoms with Gasteiger partial charge in [0.2, 0.25) is 0 Å². The average molecular weight is 621 g/mol. The molecule has 0 saturated heterocycles. The van der Waals surface area contributed by atoms with Crippen molar-refractivity contribution in [1.29, 1.82) is 10.8 Å². The molecule has 0 radical (unpaired) electrons. The van der Waals surface area contributed by atoms with Gasteiger partial charge in [-0.2, -0.15) is 0 Å². The van der Waals surface area contributed by atoms with Crippen molar-refractivity contribution in [2.45, 2.75) is 116 Å². The van der Waals surface area contributed by atoms with E-state index in [9.17, 15) is 0 Å². The van der Waals surface area contributed by atoms with E-state index in [0.29, 0.717) is 0 Å². The van der Waals surface area contributed by atoms with Gasteiger partial charge in [0.25, 0.3) is 0 Å². The molecule has 1 aromatic heterocycles. The van der Waals surface area contributed by atoms with Crippen molar-refractivity contribution >= 4 is 15.8 Å². The quantitative estimate of drug-likeness (QED) is 0.157. The van der Waals surface area contributed by atoms with Crippen molar-refractivity contribution in [3.63, 3.8) is 0 Å². The van der Waals surface area contributed by atoms with Crippen LogP contribution >= 0.6 is 15.8 Å². The van der Waals surface area contributed by atoms with Gasteiger partial charge in [0, 0.05) is 43.7 Å². The normalized spacial score (nSPS) is 12.6. The van der Waals surface area contributed by atoms with Crippen molar-refractivity contribution in [2.24, 2.45) is 0 Å². The SMILES string of the molecule is CC(C)(C)[PH+](Cc1[n-]c(C[PH+](C(C)(C)C)C(C)(C)C)c(-c2ccccc2)c1-c1ccccc1)C(C)(C)C.N#N.[Fe]. The summed E-state index contributed by atoms with van der Waals surface area (Å²) in [6, 6.07) is 22.1. The number of benzene rings is 2. The number of rotatable bonds is 6. The third kappa shape index (κ3) is 9.26. The fraction of sp³-hybridized carbons (Fsp3) is 0.529. The van der Waals surface area contributed by atoms with Crippen molar-refractivity contribution in [3.05, 3.63) is 72.1 Å². The molecule has 0 unspecified atom stereocenters. The molecule has 0 fully saturated rings. The minimum Gasteiger partial charge on any atom is -0.658 e. The first-order chi connectivity index (χ1) is 17.9. The van der Waals surface area contributed by atoms with Gasteiger partial charge in [-0.3, -0.25) is 0 Å². The molecular formula is C34H52FeN3P2+. The number of aromatic nitrogens is 1. The first-order valence-corrected chi connectivity index (χ1v) is 17.5. The van der Waals surface area contributed by atoms with E-state index in [1.165, 1.54) is 33.6 Å². The number of nitrogens with zero attached hydrogens (tertiary/aromatic N) is 3. The predicted molar refractivity (Wildman–Crippen MR) is 177 cm³/mol. The number of hydrogen-bond donors (Lipinski definition) is 0. The summed E-state index contributed by atoms with van der Waals surface area (Å²) in [6.45, 7) is 29.3. The molecule has 0 aliphatic heterocycles. The van der Waals surface area contributed by atoms with Gasteiger partial charge in [-0.05, 0) is 105 Å². The van der Waals surface area contributed by atoms with Crippen LogP contribution in [0.4, 0.5) is 0 Å². The Kier molecular flexibility index (Phi) is 12.9. The van der Waals surface area contributed by atoms with E-state index in [0.717, 1.165) is 12.3 Å². The molecule has 0 aliphatic rings. The van der Waals surface area contributed by atoms with Crippen LogP contribution in [-0.2, 0) is 29.4 Å². The first kappa shape index (κ1) is 36.5. The molecule has 3 nitrogen and oxygen atoms in total. The second-order valence-electron chi connectivity index (χ2n) is 14.8. The third-order valence-electron chi connectivity index (χ3n) is 7.53. The smallest absolute Gasteiger partial charge is 0.0701 e. The van der Waals surface area contributed by atoms with Crippen molar-refractivity contribution < 1.29 is 17.1 Å². The van der Waals surface area contributed by atoms with Crippen molar-refractivity contribution in [2.75, 3.05) is 0 Å². The maximum Gasteiger partial charge on any atom is 0.0701 e. The van der Waals surface area contributed by atoms with E-state index >= 15 is 0 Å². The Bertz CT molecular complexity index is 1090. The van der Waals surface area contributed by atoms with Gasteiger partial charge in [0.1, 0.15) is 0 Å². The Labute approximate surface area is 258 Å². The summed E-state index contributed by atoms with van der Waals surface area (Å²) in [5.41, 5.74) is 8.01. The van der Waals surface area contributed by atoms with Gasteiger partial charge in [-0.25, -0.2) is 0 Å². The molecule has 0 aliphatic carbocycles. The Balaban J connectivity index is 0.00000261. The minimum atomic E-state index is -0.780. The molecule has 40 heavy (non-hydrogen) atoms. The number of hydrogen-bond acceptors (Lipinski definition) is 2. The molecule has 0 bridgehead atoms. The van der Waals surface area contributed by atoms with Gasteiger partial charge in [-0.15, -0.1) is 11.4 Å². The van der Waals surface area contributed by atoms with Gasteiger partial charge >= 0.3 is 0 Å². The van der Waals surface area contributed by atoms with E-state index in [1.807, 2.05) is 0 Å². The monoisotopic (exact) mass is 620 g/mol. The molecular weight excluding hydrogens is 568 g/mol. The van der Waals surface area contributed by atoms with E-state index in [4.69, 9.17) is 15.8 Å². The van der Waals surface area contributed by atoms with Gasteiger partial charge in [0.05, 0.1) is 32.9 Å². The Morgan fingerprint density at radius 3 is 0.975 bits per heavy atom. The second-order valence-corrected chi connectivity index (χ2v) is 23.4. The van der Waals surface area contributed by atoms with Crippen LogP contribution in [0.25, 0.3) is 22.3 Å². The van der Waals surface area contributed by atoms with E-state index in [1.54, 1.807) is 0 Å². The van der Waals surface area contributed by atoms with Crippen LogP contribution in [0.15, 0.2) is 60.7 Å². The topological polar surface area (TPSA) is 61.7 Å². The Morgan fingerprint density at radius 1 is 0.500 bits per heavy atom. The zero-order valence-electron chi connectivity index (χ0n) is 26.9. The molecule has 3 rings (SSSR count). The molecule has 220 valence electrons. The maximum atomic E-state index is 6.00. The fourth-order valence-corrected chi connectivity index (χ4v) is 14.1. The second kappa shape index (κ2) is 14.1. The predicted octanol–water partition coefficient (Wildman–Crippen LogP) is 10.6. The molecule has 0 saturated carbocycles. The fourth-order valence-electron chi connectivity index (χ4n) is 6.30. The van der Waals surface area contributed by atoms with Crippen LogP contribution in [0, 0.1) is 10.8 Å². The molecule has 0 amide bonds. The van der Waals surface area contributed by atoms with Crippen LogP contribution in [0.2, 0.25) is 0 Å². The summed E-state index contributed by atoms with van der Waals surface area (Å²) in [5, 5.41) is 13.1. The van der Waals surface area contributed by atoms with Crippen LogP contribution < -0.4 is 4.98 Å². The molecule has 1 heterocycles. The Morgan fingerprint density at radius 2 is 0.750 bits per heavy atom. The molecule has 0 spiro atoms. The minimum absolute atomic E-state index is 0. The van der Waals surface area contributed by atoms with Gasteiger partial charge < -0.3 is 4.98 Å². The van der Waals surface area contributed by atoms with Gasteiger partial charge in [-0.1, -0.05) is 60.7 Å². The molecule has 0 atom stereocenters. The first-order valence-electron chi connectivity index (χ1n) is 14.1. The van der Waals surface area contributed by atoms with Crippen LogP contribution in [-0.4, -0.2) is 20.6 Å². The van der Waals surface area contributed by atoms with E-state index in [2.05, 4.69) is 144 Å². The summed E-state index contributed by atoms with van der Waals surface area (Å²) in [7, 11) is -1.56. The molecule has 2 aromatic carbocycles. The van der Waals surface area contributed by atoms with E-state index in [-0.39, 0.29) is 37.7 Å². The summed E-state index contributed by atoms with van der Waals surface area (Å²) in [4.78, 5) is 5.65.